The summed E-state index contributed by atoms with van der Waals surface area (Å²) >= 11 is 12.5. The van der Waals surface area contributed by atoms with Crippen LogP contribution in [0.5, 0.6) is 0 Å². The Balaban J connectivity index is 1.64. The van der Waals surface area contributed by atoms with Crippen molar-refractivity contribution in [3.05, 3.63) is 70.1 Å². The molecule has 0 unspecified atom stereocenters. The molecule has 0 aliphatic rings. The summed E-state index contributed by atoms with van der Waals surface area (Å²) in [6.45, 7) is 3.76. The van der Waals surface area contributed by atoms with E-state index in [-0.39, 0.29) is 5.95 Å². The molecule has 0 amide bonds. The summed E-state index contributed by atoms with van der Waals surface area (Å²) in [4.78, 5) is 13.0. The lowest BCUT2D eigenvalue weighted by molar-refractivity contribution is 0.0736. The molecule has 0 saturated heterocycles. The van der Waals surface area contributed by atoms with Crippen LogP contribution in [-0.2, 0) is 12.1 Å². The molecule has 8 nitrogen and oxygen atoms in total. The first-order chi connectivity index (χ1) is 14.7. The highest BCUT2D eigenvalue weighted by molar-refractivity contribution is 6.43. The number of hydrogen-bond acceptors (Lipinski definition) is 7. The van der Waals surface area contributed by atoms with Crippen LogP contribution in [0.25, 0.3) is 22.6 Å². The third-order valence-electron chi connectivity index (χ3n) is 4.53. The van der Waals surface area contributed by atoms with E-state index < -0.39 is 5.60 Å². The van der Waals surface area contributed by atoms with Crippen molar-refractivity contribution >= 4 is 29.2 Å². The smallest absolute Gasteiger partial charge is 0.221 e. The molecule has 1 aromatic carbocycles. The van der Waals surface area contributed by atoms with Crippen molar-refractivity contribution in [3.63, 3.8) is 0 Å². The zero-order valence-electron chi connectivity index (χ0n) is 16.8. The zero-order chi connectivity index (χ0) is 22.2. The minimum Gasteiger partial charge on any atom is -0.384 e. The molecule has 0 bridgehead atoms. The Morgan fingerprint density at radius 2 is 1.74 bits per heavy atom. The second-order valence-electron chi connectivity index (χ2n) is 7.47. The molecule has 0 aliphatic carbocycles. The van der Waals surface area contributed by atoms with Gasteiger partial charge in [0, 0.05) is 5.56 Å². The quantitative estimate of drug-likeness (QED) is 0.467. The van der Waals surface area contributed by atoms with E-state index in [1.54, 1.807) is 55.1 Å². The van der Waals surface area contributed by atoms with Gasteiger partial charge < -0.3 is 10.8 Å². The van der Waals surface area contributed by atoms with Crippen molar-refractivity contribution in [3.8, 4) is 22.6 Å². The van der Waals surface area contributed by atoms with Crippen molar-refractivity contribution in [1.82, 2.24) is 29.9 Å². The predicted molar refractivity (Wildman–Crippen MR) is 120 cm³/mol. The molecule has 0 aliphatic heterocycles. The van der Waals surface area contributed by atoms with Crippen LogP contribution in [0.3, 0.4) is 0 Å². The summed E-state index contributed by atoms with van der Waals surface area (Å²) in [6, 6.07) is 12.5. The number of aromatic nitrogens is 6. The molecular weight excluding hydrogens is 437 g/mol. The van der Waals surface area contributed by atoms with Gasteiger partial charge in [-0.2, -0.15) is 0 Å². The van der Waals surface area contributed by atoms with Gasteiger partial charge in [0.2, 0.25) is 5.95 Å². The Bertz CT molecular complexity index is 1250. The molecule has 3 heterocycles. The van der Waals surface area contributed by atoms with Crippen LogP contribution >= 0.6 is 23.2 Å². The molecule has 3 N–H and O–H groups in total. The van der Waals surface area contributed by atoms with E-state index in [0.29, 0.717) is 44.9 Å². The fourth-order valence-electron chi connectivity index (χ4n) is 3.00. The molecule has 0 saturated carbocycles. The van der Waals surface area contributed by atoms with Crippen molar-refractivity contribution in [2.24, 2.45) is 0 Å². The molecule has 4 aromatic rings. The van der Waals surface area contributed by atoms with Crippen LogP contribution in [0.15, 0.2) is 48.7 Å². The molecule has 158 valence electrons. The van der Waals surface area contributed by atoms with Gasteiger partial charge in [-0.25, -0.2) is 14.6 Å². The summed E-state index contributed by atoms with van der Waals surface area (Å²) < 4.78 is 1.64. The summed E-state index contributed by atoms with van der Waals surface area (Å²) in [7, 11) is 0. The molecule has 0 fully saturated rings. The predicted octanol–water partition coefficient (Wildman–Crippen LogP) is 3.96. The standard InChI is InChI=1S/C21H19Cl2N7O/c1-21(2,31)18-8-3-5-12(25-18)10-30-11-17(28-29-30)16-9-15(26-20(24)27-16)13-6-4-7-14(22)19(13)23/h3-9,11,31H,10H2,1-2H3,(H2,24,26,27). The first-order valence-electron chi connectivity index (χ1n) is 9.39. The van der Waals surface area contributed by atoms with E-state index in [9.17, 15) is 5.11 Å². The molecule has 31 heavy (non-hydrogen) atoms. The van der Waals surface area contributed by atoms with Crippen molar-refractivity contribution in [1.29, 1.82) is 0 Å². The maximum Gasteiger partial charge on any atom is 0.221 e. The summed E-state index contributed by atoms with van der Waals surface area (Å²) in [5.74, 6) is 0.0811. The molecule has 4 rings (SSSR count). The molecular formula is C21H19Cl2N7O. The van der Waals surface area contributed by atoms with Crippen LogP contribution in [0.2, 0.25) is 10.0 Å². The number of nitrogens with two attached hydrogens (primary N) is 1. The van der Waals surface area contributed by atoms with E-state index in [1.807, 2.05) is 12.1 Å². The van der Waals surface area contributed by atoms with Gasteiger partial charge in [-0.15, -0.1) is 5.10 Å². The largest absolute Gasteiger partial charge is 0.384 e. The molecule has 0 atom stereocenters. The minimum absolute atomic E-state index is 0.0811. The number of halogens is 2. The fourth-order valence-corrected chi connectivity index (χ4v) is 3.40. The van der Waals surface area contributed by atoms with Gasteiger partial charge in [-0.05, 0) is 38.1 Å². The maximum atomic E-state index is 10.2. The highest BCUT2D eigenvalue weighted by atomic mass is 35.5. The van der Waals surface area contributed by atoms with Crippen molar-refractivity contribution in [2.45, 2.75) is 26.0 Å². The summed E-state index contributed by atoms with van der Waals surface area (Å²) in [5.41, 5.74) is 8.41. The number of hydrogen-bond donors (Lipinski definition) is 2. The Hall–Kier alpha value is -3.07. The lowest BCUT2D eigenvalue weighted by Gasteiger charge is -2.17. The molecule has 0 spiro atoms. The Morgan fingerprint density at radius 1 is 1.00 bits per heavy atom. The first-order valence-corrected chi connectivity index (χ1v) is 10.1. The van der Waals surface area contributed by atoms with Gasteiger partial charge in [0.1, 0.15) is 11.3 Å². The second-order valence-corrected chi connectivity index (χ2v) is 8.26. The van der Waals surface area contributed by atoms with Crippen LogP contribution in [0.4, 0.5) is 5.95 Å². The van der Waals surface area contributed by atoms with E-state index >= 15 is 0 Å². The Morgan fingerprint density at radius 3 is 2.52 bits per heavy atom. The number of benzene rings is 1. The fraction of sp³-hybridized carbons (Fsp3) is 0.190. The monoisotopic (exact) mass is 455 g/mol. The summed E-state index contributed by atoms with van der Waals surface area (Å²) in [6.07, 6.45) is 1.74. The van der Waals surface area contributed by atoms with Gasteiger partial charge in [-0.1, -0.05) is 46.6 Å². The van der Waals surface area contributed by atoms with Crippen LogP contribution in [-0.4, -0.2) is 35.1 Å². The van der Waals surface area contributed by atoms with Gasteiger partial charge in [0.05, 0.1) is 45.6 Å². The third kappa shape index (κ3) is 4.66. The lowest BCUT2D eigenvalue weighted by atomic mass is 10.0. The van der Waals surface area contributed by atoms with Crippen LogP contribution < -0.4 is 5.73 Å². The topological polar surface area (TPSA) is 116 Å². The highest BCUT2D eigenvalue weighted by Crippen LogP contribution is 2.33. The van der Waals surface area contributed by atoms with Crippen molar-refractivity contribution in [2.75, 3.05) is 5.73 Å². The van der Waals surface area contributed by atoms with E-state index in [4.69, 9.17) is 28.9 Å². The third-order valence-corrected chi connectivity index (χ3v) is 5.35. The average Bonchev–Trinajstić information content (AvgIpc) is 3.18. The number of rotatable bonds is 5. The van der Waals surface area contributed by atoms with E-state index in [1.165, 1.54) is 0 Å². The van der Waals surface area contributed by atoms with Gasteiger partial charge >= 0.3 is 0 Å². The number of nitrogens with zero attached hydrogens (tertiary/aromatic N) is 6. The van der Waals surface area contributed by atoms with Crippen molar-refractivity contribution < 1.29 is 5.11 Å². The highest BCUT2D eigenvalue weighted by Gasteiger charge is 2.18. The van der Waals surface area contributed by atoms with E-state index in [0.717, 1.165) is 5.69 Å². The summed E-state index contributed by atoms with van der Waals surface area (Å²) in [5, 5.41) is 19.3. The lowest BCUT2D eigenvalue weighted by Crippen LogP contribution is -2.18. The first kappa shape index (κ1) is 21.2. The van der Waals surface area contributed by atoms with Gasteiger partial charge in [-0.3, -0.25) is 4.98 Å². The molecule has 3 aromatic heterocycles. The number of pyridine rings is 1. The molecule has 10 heteroatoms. The van der Waals surface area contributed by atoms with Crippen LogP contribution in [0.1, 0.15) is 25.2 Å². The Kier molecular flexibility index (Phi) is 5.62. The average molecular weight is 456 g/mol. The maximum absolute atomic E-state index is 10.2. The Labute approximate surface area is 188 Å². The number of anilines is 1. The zero-order valence-corrected chi connectivity index (χ0v) is 18.3. The van der Waals surface area contributed by atoms with Crippen LogP contribution in [0, 0.1) is 0 Å². The van der Waals surface area contributed by atoms with E-state index in [2.05, 4.69) is 25.3 Å². The SMILES string of the molecule is CC(C)(O)c1cccc(Cn2cc(-c3cc(-c4cccc(Cl)c4Cl)nc(N)n3)nn2)n1. The second kappa shape index (κ2) is 8.22. The number of nitrogen functional groups attached to an aromatic ring is 1. The normalized spacial score (nSPS) is 11.6. The number of aliphatic hydroxyl groups is 1. The minimum atomic E-state index is -1.03. The molecule has 0 radical (unpaired) electrons. The van der Waals surface area contributed by atoms with Gasteiger partial charge in [0.25, 0.3) is 0 Å². The van der Waals surface area contributed by atoms with Gasteiger partial charge in [0.15, 0.2) is 0 Å².